The first-order chi connectivity index (χ1) is 12.9. The largest absolute Gasteiger partial charge is 0.451 e. The van der Waals surface area contributed by atoms with E-state index >= 15 is 0 Å². The molecule has 1 atom stereocenters. The number of amidine groups is 1. The molecule has 0 heterocycles. The highest BCUT2D eigenvalue weighted by Crippen LogP contribution is 2.17. The number of hydrogen-bond acceptors (Lipinski definition) is 6. The quantitative estimate of drug-likeness (QED) is 0.211. The zero-order valence-corrected chi connectivity index (χ0v) is 16.0. The third-order valence-corrected chi connectivity index (χ3v) is 4.26. The second kappa shape index (κ2) is 9.55. The van der Waals surface area contributed by atoms with E-state index in [1.807, 2.05) is 25.2 Å². The number of ketones is 1. The molecule has 0 fully saturated rings. The van der Waals surface area contributed by atoms with Crippen LogP contribution >= 0.6 is 11.8 Å². The van der Waals surface area contributed by atoms with Crippen LogP contribution in [-0.4, -0.2) is 29.3 Å². The fourth-order valence-corrected chi connectivity index (χ4v) is 2.54. The Bertz CT molecular complexity index is 884. The van der Waals surface area contributed by atoms with Gasteiger partial charge in [0, 0.05) is 5.56 Å². The summed E-state index contributed by atoms with van der Waals surface area (Å²) < 4.78 is 5.28. The highest BCUT2D eigenvalue weighted by atomic mass is 32.2. The van der Waals surface area contributed by atoms with Crippen molar-refractivity contribution in [3.8, 4) is 6.19 Å². The third kappa shape index (κ3) is 5.69. The summed E-state index contributed by atoms with van der Waals surface area (Å²) in [6.07, 6.45) is 2.71. The van der Waals surface area contributed by atoms with Gasteiger partial charge in [0.1, 0.15) is 0 Å². The van der Waals surface area contributed by atoms with Crippen molar-refractivity contribution in [1.82, 2.24) is 5.32 Å². The Morgan fingerprint density at radius 2 is 1.70 bits per heavy atom. The Hall–Kier alpha value is -3.11. The van der Waals surface area contributed by atoms with Gasteiger partial charge in [-0.15, -0.1) is 0 Å². The first-order valence-electron chi connectivity index (χ1n) is 8.14. The van der Waals surface area contributed by atoms with E-state index < -0.39 is 12.1 Å². The number of ether oxygens (including phenoxy) is 1. The van der Waals surface area contributed by atoms with Crippen LogP contribution in [0.4, 0.5) is 5.69 Å². The molecule has 0 radical (unpaired) electrons. The predicted octanol–water partition coefficient (Wildman–Crippen LogP) is 3.84. The number of rotatable bonds is 5. The van der Waals surface area contributed by atoms with E-state index in [-0.39, 0.29) is 5.78 Å². The summed E-state index contributed by atoms with van der Waals surface area (Å²) in [7, 11) is 0. The summed E-state index contributed by atoms with van der Waals surface area (Å²) in [6.45, 7) is 3.49. The van der Waals surface area contributed by atoms with Crippen molar-refractivity contribution >= 4 is 34.4 Å². The number of carbonyl (C=O) groups excluding carboxylic acids is 2. The predicted molar refractivity (Wildman–Crippen MR) is 106 cm³/mol. The second-order valence-corrected chi connectivity index (χ2v) is 6.48. The standard InChI is InChI=1S/C20H19N3O3S/c1-13-4-6-15(7-5-13)18(24)14(2)26-19(25)16-8-10-17(11-9-16)23-20(27-3)22-12-21/h4-11,14H,1-3H3,(H,22,23). The number of hydrogen-bond donors (Lipinski definition) is 1. The number of aryl methyl sites for hydroxylation is 1. The molecule has 1 unspecified atom stereocenters. The van der Waals surface area contributed by atoms with E-state index in [0.29, 0.717) is 22.0 Å². The number of Topliss-reactive ketones (excluding diaryl/α,β-unsaturated/α-hetero) is 1. The molecule has 138 valence electrons. The topological polar surface area (TPSA) is 91.5 Å². The lowest BCUT2D eigenvalue weighted by Crippen LogP contribution is -2.24. The number of carbonyl (C=O) groups is 2. The Morgan fingerprint density at radius 1 is 1.11 bits per heavy atom. The molecule has 0 spiro atoms. The summed E-state index contributed by atoms with van der Waals surface area (Å²) in [5.74, 6) is -0.838. The molecule has 2 rings (SSSR count). The van der Waals surface area contributed by atoms with E-state index in [1.165, 1.54) is 11.8 Å². The molecule has 0 aromatic heterocycles. The maximum absolute atomic E-state index is 12.4. The third-order valence-electron chi connectivity index (χ3n) is 3.68. The highest BCUT2D eigenvalue weighted by Gasteiger charge is 2.20. The molecule has 0 amide bonds. The molecule has 6 nitrogen and oxygen atoms in total. The number of aliphatic imine (C=N–C) groups is 1. The smallest absolute Gasteiger partial charge is 0.338 e. The van der Waals surface area contributed by atoms with Crippen LogP contribution in [-0.2, 0) is 4.74 Å². The lowest BCUT2D eigenvalue weighted by molar-refractivity contribution is 0.0319. The summed E-state index contributed by atoms with van der Waals surface area (Å²) in [5, 5.41) is 11.6. The zero-order valence-electron chi connectivity index (χ0n) is 15.2. The van der Waals surface area contributed by atoms with Crippen molar-refractivity contribution in [2.75, 3.05) is 6.26 Å². The van der Waals surface area contributed by atoms with Crippen LogP contribution < -0.4 is 5.32 Å². The number of nitriles is 1. The highest BCUT2D eigenvalue weighted by molar-refractivity contribution is 8.13. The van der Waals surface area contributed by atoms with E-state index in [4.69, 9.17) is 10.00 Å². The molecule has 2 aromatic rings. The molecule has 2 aromatic carbocycles. The van der Waals surface area contributed by atoms with E-state index in [0.717, 1.165) is 5.56 Å². The SMILES string of the molecule is CSC(=Nc1ccc(C(=O)OC(C)C(=O)c2ccc(C)cc2)cc1)NC#N. The average Bonchev–Trinajstić information content (AvgIpc) is 2.68. The zero-order chi connectivity index (χ0) is 19.8. The first kappa shape index (κ1) is 20.2. The molecule has 0 aliphatic carbocycles. The minimum Gasteiger partial charge on any atom is -0.451 e. The fraction of sp³-hybridized carbons (Fsp3) is 0.200. The molecular formula is C20H19N3O3S. The Morgan fingerprint density at radius 3 is 2.26 bits per heavy atom. The molecule has 0 aliphatic rings. The lowest BCUT2D eigenvalue weighted by Gasteiger charge is -2.12. The van der Waals surface area contributed by atoms with Crippen LogP contribution in [0.1, 0.15) is 33.2 Å². The molecule has 0 saturated heterocycles. The van der Waals surface area contributed by atoms with Gasteiger partial charge in [-0.05, 0) is 44.4 Å². The van der Waals surface area contributed by atoms with Gasteiger partial charge in [0.15, 0.2) is 17.5 Å². The molecule has 0 bridgehead atoms. The van der Waals surface area contributed by atoms with Crippen molar-refractivity contribution in [2.45, 2.75) is 20.0 Å². The lowest BCUT2D eigenvalue weighted by atomic mass is 10.1. The van der Waals surface area contributed by atoms with Gasteiger partial charge in [0.05, 0.1) is 11.3 Å². The summed E-state index contributed by atoms with van der Waals surface area (Å²) >= 11 is 1.30. The van der Waals surface area contributed by atoms with Gasteiger partial charge in [-0.25, -0.2) is 9.79 Å². The van der Waals surface area contributed by atoms with Crippen LogP contribution in [0.3, 0.4) is 0 Å². The van der Waals surface area contributed by atoms with E-state index in [1.54, 1.807) is 49.6 Å². The van der Waals surface area contributed by atoms with Crippen molar-refractivity contribution in [1.29, 1.82) is 5.26 Å². The van der Waals surface area contributed by atoms with Gasteiger partial charge < -0.3 is 4.74 Å². The van der Waals surface area contributed by atoms with Crippen LogP contribution in [0, 0.1) is 18.4 Å². The van der Waals surface area contributed by atoms with Crippen molar-refractivity contribution < 1.29 is 14.3 Å². The van der Waals surface area contributed by atoms with E-state index in [9.17, 15) is 9.59 Å². The number of thioether (sulfide) groups is 1. The van der Waals surface area contributed by atoms with Crippen LogP contribution in [0.25, 0.3) is 0 Å². The summed E-state index contributed by atoms with van der Waals surface area (Å²) in [6, 6.07) is 13.5. The monoisotopic (exact) mass is 381 g/mol. The average molecular weight is 381 g/mol. The van der Waals surface area contributed by atoms with Gasteiger partial charge in [0.25, 0.3) is 0 Å². The minimum absolute atomic E-state index is 0.253. The molecule has 0 aliphatic heterocycles. The van der Waals surface area contributed by atoms with Crippen LogP contribution in [0.5, 0.6) is 0 Å². The molecule has 27 heavy (non-hydrogen) atoms. The number of benzene rings is 2. The van der Waals surface area contributed by atoms with Crippen LogP contribution in [0.15, 0.2) is 53.5 Å². The van der Waals surface area contributed by atoms with Gasteiger partial charge in [0.2, 0.25) is 5.78 Å². The molecule has 0 saturated carbocycles. The molecule has 1 N–H and O–H groups in total. The number of nitrogens with zero attached hydrogens (tertiary/aromatic N) is 2. The second-order valence-electron chi connectivity index (χ2n) is 5.68. The van der Waals surface area contributed by atoms with Crippen molar-refractivity contribution in [2.24, 2.45) is 4.99 Å². The van der Waals surface area contributed by atoms with Gasteiger partial charge in [-0.2, -0.15) is 5.26 Å². The van der Waals surface area contributed by atoms with Gasteiger partial charge in [-0.1, -0.05) is 41.6 Å². The maximum atomic E-state index is 12.4. The Labute approximate surface area is 162 Å². The summed E-state index contributed by atoms with van der Waals surface area (Å²) in [5.41, 5.74) is 2.45. The Balaban J connectivity index is 2.04. The van der Waals surface area contributed by atoms with Gasteiger partial charge >= 0.3 is 5.97 Å². The van der Waals surface area contributed by atoms with Crippen molar-refractivity contribution in [3.05, 3.63) is 65.2 Å². The van der Waals surface area contributed by atoms with E-state index in [2.05, 4.69) is 10.3 Å². The summed E-state index contributed by atoms with van der Waals surface area (Å²) in [4.78, 5) is 28.9. The maximum Gasteiger partial charge on any atom is 0.338 e. The number of nitrogens with one attached hydrogen (secondary N) is 1. The molecule has 7 heteroatoms. The van der Waals surface area contributed by atoms with Crippen molar-refractivity contribution in [3.63, 3.8) is 0 Å². The first-order valence-corrected chi connectivity index (χ1v) is 9.36. The van der Waals surface area contributed by atoms with Gasteiger partial charge in [-0.3, -0.25) is 10.1 Å². The fourth-order valence-electron chi connectivity index (χ4n) is 2.20. The van der Waals surface area contributed by atoms with Crippen LogP contribution in [0.2, 0.25) is 0 Å². The normalized spacial score (nSPS) is 12.0. The molecular weight excluding hydrogens is 362 g/mol. The number of esters is 1. The Kier molecular flexibility index (Phi) is 7.15. The minimum atomic E-state index is -0.888.